The Bertz CT molecular complexity index is 1120. The molecular weight excluding hydrogens is 403 g/mol. The first-order valence-electron chi connectivity index (χ1n) is 8.50. The topological polar surface area (TPSA) is 82.7 Å². The molecule has 0 saturated heterocycles. The number of amides is 1. The van der Waals surface area contributed by atoms with Gasteiger partial charge in [-0.05, 0) is 36.4 Å². The molecule has 2 aromatic heterocycles. The molecule has 0 atom stereocenters. The number of fused-ring (bicyclic) bond motifs is 1. The molecule has 2 aromatic carbocycles. The maximum atomic E-state index is 12.6. The highest BCUT2D eigenvalue weighted by molar-refractivity contribution is 7.14. The molecule has 0 aliphatic carbocycles. The first kappa shape index (κ1) is 18.9. The van der Waals surface area contributed by atoms with E-state index in [0.717, 1.165) is 23.2 Å². The molecule has 4 rings (SSSR count). The van der Waals surface area contributed by atoms with Crippen LogP contribution in [0.5, 0.6) is 0 Å². The molecular formula is C19H14F3N5OS. The van der Waals surface area contributed by atoms with Gasteiger partial charge in [0.25, 0.3) is 5.91 Å². The fourth-order valence-electron chi connectivity index (χ4n) is 2.65. The van der Waals surface area contributed by atoms with Gasteiger partial charge in [-0.25, -0.2) is 9.97 Å². The van der Waals surface area contributed by atoms with Crippen LogP contribution in [0.15, 0.2) is 53.9 Å². The van der Waals surface area contributed by atoms with Crippen LogP contribution in [0.4, 0.5) is 24.0 Å². The Morgan fingerprint density at radius 1 is 1.07 bits per heavy atom. The van der Waals surface area contributed by atoms with Crippen molar-refractivity contribution in [3.63, 3.8) is 0 Å². The Morgan fingerprint density at radius 2 is 1.83 bits per heavy atom. The minimum atomic E-state index is -4.38. The van der Waals surface area contributed by atoms with E-state index >= 15 is 0 Å². The molecule has 2 heterocycles. The lowest BCUT2D eigenvalue weighted by Gasteiger charge is -2.07. The van der Waals surface area contributed by atoms with Crippen molar-refractivity contribution < 1.29 is 18.0 Å². The van der Waals surface area contributed by atoms with Crippen LogP contribution in [0.3, 0.4) is 0 Å². The number of para-hydroxylation sites is 2. The number of thiazole rings is 1. The molecule has 0 aliphatic heterocycles. The van der Waals surface area contributed by atoms with Gasteiger partial charge in [0.15, 0.2) is 5.13 Å². The maximum absolute atomic E-state index is 12.6. The number of carbonyl (C=O) groups is 1. The second-order valence-electron chi connectivity index (χ2n) is 6.12. The summed E-state index contributed by atoms with van der Waals surface area (Å²) in [6.45, 7) is 0.215. The Labute approximate surface area is 166 Å². The van der Waals surface area contributed by atoms with E-state index in [2.05, 4.69) is 25.6 Å². The third kappa shape index (κ3) is 4.37. The Hall–Kier alpha value is -3.40. The number of benzene rings is 2. The van der Waals surface area contributed by atoms with Crippen LogP contribution in [-0.2, 0) is 12.7 Å². The summed E-state index contributed by atoms with van der Waals surface area (Å²) in [5, 5.41) is 7.60. The molecule has 10 heteroatoms. The fraction of sp³-hybridized carbons (Fsp3) is 0.105. The smallest absolute Gasteiger partial charge is 0.343 e. The van der Waals surface area contributed by atoms with Gasteiger partial charge < -0.3 is 15.6 Å². The van der Waals surface area contributed by atoms with Gasteiger partial charge in [0.2, 0.25) is 0 Å². The van der Waals surface area contributed by atoms with Crippen molar-refractivity contribution in [2.45, 2.75) is 12.7 Å². The molecule has 1 amide bonds. The second kappa shape index (κ2) is 7.55. The van der Waals surface area contributed by atoms with Crippen LogP contribution in [0.25, 0.3) is 11.0 Å². The molecule has 3 N–H and O–H groups in total. The van der Waals surface area contributed by atoms with Crippen molar-refractivity contribution in [2.75, 3.05) is 5.32 Å². The van der Waals surface area contributed by atoms with Crippen molar-refractivity contribution >= 4 is 39.1 Å². The fourth-order valence-corrected chi connectivity index (χ4v) is 3.36. The number of anilines is 2. The zero-order chi connectivity index (χ0) is 20.4. The van der Waals surface area contributed by atoms with Gasteiger partial charge in [-0.15, -0.1) is 11.3 Å². The number of rotatable bonds is 5. The summed E-state index contributed by atoms with van der Waals surface area (Å²) in [4.78, 5) is 24.0. The molecule has 0 fully saturated rings. The molecule has 0 bridgehead atoms. The van der Waals surface area contributed by atoms with E-state index in [9.17, 15) is 18.0 Å². The van der Waals surface area contributed by atoms with Crippen molar-refractivity contribution in [1.82, 2.24) is 20.3 Å². The summed E-state index contributed by atoms with van der Waals surface area (Å²) in [5.74, 6) is 0.250. The van der Waals surface area contributed by atoms with Crippen molar-refractivity contribution in [2.24, 2.45) is 0 Å². The number of imidazole rings is 1. The zero-order valence-electron chi connectivity index (χ0n) is 14.7. The third-order valence-corrected chi connectivity index (χ3v) is 4.81. The SMILES string of the molecule is O=C(NCc1nc2ccccc2[nH]1)c1csc(Nc2ccc(C(F)(F)F)cc2)n1. The minimum Gasteiger partial charge on any atom is -0.343 e. The summed E-state index contributed by atoms with van der Waals surface area (Å²) in [5.41, 5.74) is 1.62. The van der Waals surface area contributed by atoms with Gasteiger partial charge in [0.1, 0.15) is 11.5 Å². The maximum Gasteiger partial charge on any atom is 0.416 e. The molecule has 4 aromatic rings. The van der Waals surface area contributed by atoms with E-state index < -0.39 is 11.7 Å². The summed E-state index contributed by atoms with van der Waals surface area (Å²) in [7, 11) is 0. The largest absolute Gasteiger partial charge is 0.416 e. The third-order valence-electron chi connectivity index (χ3n) is 4.06. The highest BCUT2D eigenvalue weighted by Gasteiger charge is 2.29. The van der Waals surface area contributed by atoms with Crippen LogP contribution in [-0.4, -0.2) is 20.9 Å². The van der Waals surface area contributed by atoms with Crippen LogP contribution < -0.4 is 10.6 Å². The number of aromatic amines is 1. The average Bonchev–Trinajstić information content (AvgIpc) is 3.32. The van der Waals surface area contributed by atoms with Crippen molar-refractivity contribution in [3.05, 3.63) is 71.0 Å². The molecule has 6 nitrogen and oxygen atoms in total. The quantitative estimate of drug-likeness (QED) is 0.439. The van der Waals surface area contributed by atoms with Crippen LogP contribution in [0, 0.1) is 0 Å². The lowest BCUT2D eigenvalue weighted by molar-refractivity contribution is -0.137. The van der Waals surface area contributed by atoms with Crippen LogP contribution in [0.2, 0.25) is 0 Å². The molecule has 0 aliphatic rings. The number of nitrogens with zero attached hydrogens (tertiary/aromatic N) is 2. The first-order chi connectivity index (χ1) is 13.9. The van der Waals surface area contributed by atoms with Crippen molar-refractivity contribution in [1.29, 1.82) is 0 Å². The molecule has 148 valence electrons. The number of alkyl halides is 3. The minimum absolute atomic E-state index is 0.209. The van der Waals surface area contributed by atoms with Crippen LogP contribution in [0.1, 0.15) is 21.9 Å². The summed E-state index contributed by atoms with van der Waals surface area (Å²) < 4.78 is 37.8. The number of carbonyl (C=O) groups excluding carboxylic acids is 1. The van der Waals surface area contributed by atoms with Crippen LogP contribution >= 0.6 is 11.3 Å². The zero-order valence-corrected chi connectivity index (χ0v) is 15.6. The molecule has 29 heavy (non-hydrogen) atoms. The molecule has 0 unspecified atom stereocenters. The normalized spacial score (nSPS) is 11.6. The van der Waals surface area contributed by atoms with E-state index in [1.807, 2.05) is 24.3 Å². The number of H-pyrrole nitrogens is 1. The second-order valence-corrected chi connectivity index (χ2v) is 6.98. The Morgan fingerprint density at radius 3 is 2.55 bits per heavy atom. The number of nitrogens with one attached hydrogen (secondary N) is 3. The van der Waals surface area contributed by atoms with Crippen molar-refractivity contribution in [3.8, 4) is 0 Å². The number of hydrogen-bond donors (Lipinski definition) is 3. The van der Waals surface area contributed by atoms with E-state index in [0.29, 0.717) is 16.6 Å². The predicted molar refractivity (Wildman–Crippen MR) is 104 cm³/mol. The molecule has 0 radical (unpaired) electrons. The standard InChI is InChI=1S/C19H14F3N5OS/c20-19(21,22)11-5-7-12(8-6-11)24-18-27-15(10-29-18)17(28)23-9-16-25-13-3-1-2-4-14(13)26-16/h1-8,10H,9H2,(H,23,28)(H,24,27)(H,25,26). The Kier molecular flexibility index (Phi) is 4.93. The highest BCUT2D eigenvalue weighted by Crippen LogP contribution is 2.30. The monoisotopic (exact) mass is 417 g/mol. The van der Waals surface area contributed by atoms with Gasteiger partial charge in [0.05, 0.1) is 23.1 Å². The summed E-state index contributed by atoms with van der Waals surface area (Å²) >= 11 is 1.18. The highest BCUT2D eigenvalue weighted by atomic mass is 32.1. The average molecular weight is 417 g/mol. The van der Waals surface area contributed by atoms with E-state index in [4.69, 9.17) is 0 Å². The van der Waals surface area contributed by atoms with Gasteiger partial charge in [-0.1, -0.05) is 12.1 Å². The lowest BCUT2D eigenvalue weighted by atomic mass is 10.2. The summed E-state index contributed by atoms with van der Waals surface area (Å²) in [6, 6.07) is 12.1. The molecule has 0 saturated carbocycles. The number of halogens is 3. The number of aromatic nitrogens is 3. The van der Waals surface area contributed by atoms with E-state index in [-0.39, 0.29) is 18.1 Å². The van der Waals surface area contributed by atoms with Gasteiger partial charge in [0, 0.05) is 11.1 Å². The predicted octanol–water partition coefficient (Wildman–Crippen LogP) is 4.71. The van der Waals surface area contributed by atoms with Gasteiger partial charge in [-0.3, -0.25) is 4.79 Å². The van der Waals surface area contributed by atoms with E-state index in [1.54, 1.807) is 5.38 Å². The first-order valence-corrected chi connectivity index (χ1v) is 9.38. The van der Waals surface area contributed by atoms with Gasteiger partial charge in [-0.2, -0.15) is 13.2 Å². The Balaban J connectivity index is 1.37. The molecule has 0 spiro atoms. The van der Waals surface area contributed by atoms with Gasteiger partial charge >= 0.3 is 6.18 Å². The summed E-state index contributed by atoms with van der Waals surface area (Å²) in [6.07, 6.45) is -4.38. The number of hydrogen-bond acceptors (Lipinski definition) is 5. The van der Waals surface area contributed by atoms with E-state index in [1.165, 1.54) is 23.5 Å². The lowest BCUT2D eigenvalue weighted by Crippen LogP contribution is -2.23.